The van der Waals surface area contributed by atoms with Gasteiger partial charge in [-0.1, -0.05) is 12.8 Å². The molecule has 0 bridgehead atoms. The number of anilines is 3. The molecule has 0 unspecified atom stereocenters. The van der Waals surface area contributed by atoms with Crippen LogP contribution in [0.3, 0.4) is 0 Å². The number of fused-ring (bicyclic) bond motifs is 1. The lowest BCUT2D eigenvalue weighted by Gasteiger charge is -2.32. The van der Waals surface area contributed by atoms with Crippen LogP contribution in [0.4, 0.5) is 17.5 Å². The molecule has 4 heterocycles. The summed E-state index contributed by atoms with van der Waals surface area (Å²) in [6, 6.07) is 2.26. The molecule has 2 N–H and O–H groups in total. The maximum atomic E-state index is 13.1. The molecular weight excluding hydrogens is 452 g/mol. The third-order valence-corrected chi connectivity index (χ3v) is 7.57. The standard InChI is InChI=1S/C27H38N8O/c1-17-18(2)25(30-19(3)24(17)34-12-10-28-11-13-34)31-27-29-15-20-14-22(23(36)16-33(4)5)35(26(20)32-27)21-8-6-7-9-21/h14-15,21,28H,6-13,16H2,1-5H3,(H,29,30,31,32). The monoisotopic (exact) mass is 490 g/mol. The summed E-state index contributed by atoms with van der Waals surface area (Å²) in [6.07, 6.45) is 6.34. The van der Waals surface area contributed by atoms with Crippen LogP contribution in [0, 0.1) is 20.8 Å². The number of aryl methyl sites for hydroxylation is 1. The molecule has 0 amide bonds. The minimum atomic E-state index is 0.117. The number of aromatic nitrogens is 4. The summed E-state index contributed by atoms with van der Waals surface area (Å²) >= 11 is 0. The fraction of sp³-hybridized carbons (Fsp3) is 0.556. The molecule has 192 valence electrons. The van der Waals surface area contributed by atoms with Crippen LogP contribution in [0.25, 0.3) is 11.0 Å². The second kappa shape index (κ2) is 10.1. The zero-order valence-corrected chi connectivity index (χ0v) is 22.2. The van der Waals surface area contributed by atoms with Gasteiger partial charge in [-0.3, -0.25) is 4.79 Å². The quantitative estimate of drug-likeness (QED) is 0.484. The van der Waals surface area contributed by atoms with Gasteiger partial charge in [-0.25, -0.2) is 9.97 Å². The zero-order valence-electron chi connectivity index (χ0n) is 22.2. The van der Waals surface area contributed by atoms with Crippen LogP contribution in [-0.2, 0) is 0 Å². The van der Waals surface area contributed by atoms with Crippen molar-refractivity contribution in [2.45, 2.75) is 52.5 Å². The van der Waals surface area contributed by atoms with E-state index in [-0.39, 0.29) is 5.78 Å². The predicted octanol–water partition coefficient (Wildman–Crippen LogP) is 3.76. The van der Waals surface area contributed by atoms with E-state index in [1.165, 1.54) is 24.1 Å². The Balaban J connectivity index is 1.51. The molecule has 0 aromatic carbocycles. The molecule has 1 saturated carbocycles. The van der Waals surface area contributed by atoms with Crippen molar-refractivity contribution >= 4 is 34.3 Å². The fourth-order valence-corrected chi connectivity index (χ4v) is 5.70. The maximum absolute atomic E-state index is 13.1. The van der Waals surface area contributed by atoms with Crippen molar-refractivity contribution in [1.29, 1.82) is 0 Å². The van der Waals surface area contributed by atoms with Gasteiger partial charge < -0.3 is 25.0 Å². The highest BCUT2D eigenvalue weighted by Crippen LogP contribution is 2.35. The third kappa shape index (κ3) is 4.69. The highest BCUT2D eigenvalue weighted by Gasteiger charge is 2.26. The normalized spacial score (nSPS) is 16.9. The summed E-state index contributed by atoms with van der Waals surface area (Å²) in [6.45, 7) is 10.7. The molecule has 1 saturated heterocycles. The molecule has 0 atom stereocenters. The van der Waals surface area contributed by atoms with Crippen molar-refractivity contribution in [2.24, 2.45) is 0 Å². The molecule has 9 nitrogen and oxygen atoms in total. The van der Waals surface area contributed by atoms with Gasteiger partial charge in [0.25, 0.3) is 0 Å². The number of nitrogens with one attached hydrogen (secondary N) is 2. The maximum Gasteiger partial charge on any atom is 0.230 e. The number of pyridine rings is 1. The lowest BCUT2D eigenvalue weighted by Crippen LogP contribution is -2.44. The minimum absolute atomic E-state index is 0.117. The van der Waals surface area contributed by atoms with E-state index < -0.39 is 0 Å². The number of rotatable bonds is 7. The molecule has 3 aromatic heterocycles. The van der Waals surface area contributed by atoms with E-state index in [0.29, 0.717) is 18.5 Å². The molecule has 5 rings (SSSR count). The Morgan fingerprint density at radius 2 is 1.83 bits per heavy atom. The summed E-state index contributed by atoms with van der Waals surface area (Å²) < 4.78 is 2.17. The summed E-state index contributed by atoms with van der Waals surface area (Å²) in [5.41, 5.74) is 6.14. The smallest absolute Gasteiger partial charge is 0.230 e. The molecule has 0 spiro atoms. The van der Waals surface area contributed by atoms with Crippen LogP contribution in [0.2, 0.25) is 0 Å². The van der Waals surface area contributed by atoms with Gasteiger partial charge in [0.05, 0.1) is 23.6 Å². The van der Waals surface area contributed by atoms with E-state index in [4.69, 9.17) is 9.97 Å². The number of likely N-dealkylation sites (N-methyl/N-ethyl adjacent to an activating group) is 1. The number of Topliss-reactive ketones (excluding diaryl/α,β-unsaturated/α-hetero) is 1. The van der Waals surface area contributed by atoms with Crippen LogP contribution in [0.1, 0.15) is 59.0 Å². The molecule has 0 radical (unpaired) electrons. The number of nitrogens with zero attached hydrogens (tertiary/aromatic N) is 6. The van der Waals surface area contributed by atoms with Crippen LogP contribution in [0.15, 0.2) is 12.3 Å². The fourth-order valence-electron chi connectivity index (χ4n) is 5.70. The molecule has 1 aliphatic heterocycles. The second-order valence-corrected chi connectivity index (χ2v) is 10.5. The molecule has 1 aliphatic carbocycles. The third-order valence-electron chi connectivity index (χ3n) is 7.57. The number of carbonyl (C=O) groups is 1. The molecular formula is C27H38N8O. The van der Waals surface area contributed by atoms with E-state index >= 15 is 0 Å². The molecule has 2 aliphatic rings. The average Bonchev–Trinajstić information content (AvgIpc) is 3.50. The SMILES string of the molecule is Cc1nc(Nc2ncc3cc(C(=O)CN(C)C)n(C4CCCC4)c3n2)c(C)c(C)c1N1CCNCC1. The number of hydrogen-bond donors (Lipinski definition) is 2. The van der Waals surface area contributed by atoms with Crippen molar-refractivity contribution in [3.63, 3.8) is 0 Å². The van der Waals surface area contributed by atoms with Crippen LogP contribution in [-0.4, -0.2) is 77.0 Å². The lowest BCUT2D eigenvalue weighted by atomic mass is 10.1. The predicted molar refractivity (Wildman–Crippen MR) is 145 cm³/mol. The Labute approximate surface area is 213 Å². The number of hydrogen-bond acceptors (Lipinski definition) is 8. The van der Waals surface area contributed by atoms with Gasteiger partial charge >= 0.3 is 0 Å². The Morgan fingerprint density at radius 1 is 1.11 bits per heavy atom. The highest BCUT2D eigenvalue weighted by atomic mass is 16.1. The van der Waals surface area contributed by atoms with E-state index in [2.05, 4.69) is 45.9 Å². The number of ketones is 1. The van der Waals surface area contributed by atoms with Gasteiger partial charge in [0.15, 0.2) is 5.78 Å². The minimum Gasteiger partial charge on any atom is -0.367 e. The van der Waals surface area contributed by atoms with Crippen LogP contribution in [0.5, 0.6) is 0 Å². The van der Waals surface area contributed by atoms with Crippen molar-refractivity contribution < 1.29 is 4.79 Å². The lowest BCUT2D eigenvalue weighted by molar-refractivity contribution is 0.0947. The van der Waals surface area contributed by atoms with Gasteiger partial charge in [-0.2, -0.15) is 4.98 Å². The highest BCUT2D eigenvalue weighted by molar-refractivity contribution is 6.00. The number of carbonyl (C=O) groups excluding carboxylic acids is 1. The van der Waals surface area contributed by atoms with Crippen LogP contribution < -0.4 is 15.5 Å². The van der Waals surface area contributed by atoms with E-state index in [9.17, 15) is 4.79 Å². The van der Waals surface area contributed by atoms with Gasteiger partial charge in [0, 0.05) is 43.8 Å². The first-order valence-corrected chi connectivity index (χ1v) is 13.1. The van der Waals surface area contributed by atoms with E-state index in [1.54, 1.807) is 0 Å². The molecule has 3 aromatic rings. The van der Waals surface area contributed by atoms with Crippen molar-refractivity contribution in [2.75, 3.05) is 57.0 Å². The molecule has 9 heteroatoms. The Morgan fingerprint density at radius 3 is 2.53 bits per heavy atom. The van der Waals surface area contributed by atoms with Gasteiger partial charge in [0.2, 0.25) is 5.95 Å². The second-order valence-electron chi connectivity index (χ2n) is 10.5. The topological polar surface area (TPSA) is 91.2 Å². The van der Waals surface area contributed by atoms with Gasteiger partial charge in [0.1, 0.15) is 11.5 Å². The van der Waals surface area contributed by atoms with Crippen molar-refractivity contribution in [3.05, 3.63) is 34.8 Å². The Bertz CT molecular complexity index is 1270. The van der Waals surface area contributed by atoms with E-state index in [1.807, 2.05) is 31.3 Å². The Kier molecular flexibility index (Phi) is 6.94. The van der Waals surface area contributed by atoms with Gasteiger partial charge in [-0.05, 0) is 64.9 Å². The Hall–Kier alpha value is -3.04. The van der Waals surface area contributed by atoms with E-state index in [0.717, 1.165) is 72.8 Å². The van der Waals surface area contributed by atoms with Crippen molar-refractivity contribution in [3.8, 4) is 0 Å². The van der Waals surface area contributed by atoms with Crippen molar-refractivity contribution in [1.82, 2.24) is 29.7 Å². The first kappa shape index (κ1) is 24.6. The average molecular weight is 491 g/mol. The number of piperazine rings is 1. The first-order valence-electron chi connectivity index (χ1n) is 13.1. The summed E-state index contributed by atoms with van der Waals surface area (Å²) in [5, 5.41) is 7.72. The summed E-state index contributed by atoms with van der Waals surface area (Å²) in [7, 11) is 3.85. The largest absolute Gasteiger partial charge is 0.367 e. The molecule has 36 heavy (non-hydrogen) atoms. The summed E-state index contributed by atoms with van der Waals surface area (Å²) in [4.78, 5) is 31.9. The molecule has 2 fully saturated rings. The zero-order chi connectivity index (χ0) is 25.4. The first-order chi connectivity index (χ1) is 17.3. The summed E-state index contributed by atoms with van der Waals surface area (Å²) in [5.74, 6) is 1.41. The van der Waals surface area contributed by atoms with Crippen LogP contribution >= 0.6 is 0 Å². The van der Waals surface area contributed by atoms with Gasteiger partial charge in [-0.15, -0.1) is 0 Å².